The number of aromatic nitrogens is 1. The summed E-state index contributed by atoms with van der Waals surface area (Å²) in [5.41, 5.74) is 0. The Balaban J connectivity index is 2.19. The van der Waals surface area contributed by atoms with Gasteiger partial charge in [-0.3, -0.25) is 0 Å². The van der Waals surface area contributed by atoms with Gasteiger partial charge in [0.2, 0.25) is 0 Å². The molecule has 1 aromatic heterocycles. The molecule has 0 aromatic carbocycles. The zero-order valence-electron chi connectivity index (χ0n) is 11.3. The van der Waals surface area contributed by atoms with Crippen molar-refractivity contribution in [3.63, 3.8) is 0 Å². The summed E-state index contributed by atoms with van der Waals surface area (Å²) >= 11 is 7.82. The van der Waals surface area contributed by atoms with Crippen molar-refractivity contribution < 1.29 is 0 Å². The normalized spacial score (nSPS) is 12.6. The lowest BCUT2D eigenvalue weighted by Crippen LogP contribution is -2.29. The van der Waals surface area contributed by atoms with Gasteiger partial charge in [-0.05, 0) is 50.1 Å². The summed E-state index contributed by atoms with van der Waals surface area (Å²) in [4.78, 5) is 4.28. The second kappa shape index (κ2) is 9.65. The molecule has 4 heteroatoms. The fourth-order valence-corrected chi connectivity index (χ4v) is 2.91. The SMILES string of the molecule is CCCNC(CC)CCCSc1ncccc1Cl. The number of nitrogens with zero attached hydrogens (tertiary/aromatic N) is 1. The maximum absolute atomic E-state index is 6.07. The first-order chi connectivity index (χ1) is 8.77. The van der Waals surface area contributed by atoms with Crippen LogP contribution in [0.4, 0.5) is 0 Å². The maximum atomic E-state index is 6.07. The van der Waals surface area contributed by atoms with E-state index in [-0.39, 0.29) is 0 Å². The minimum atomic E-state index is 0.657. The van der Waals surface area contributed by atoms with Crippen LogP contribution in [0.15, 0.2) is 23.4 Å². The molecular weight excluding hydrogens is 264 g/mol. The third-order valence-electron chi connectivity index (χ3n) is 2.84. The Hall–Kier alpha value is -0.250. The first-order valence-electron chi connectivity index (χ1n) is 6.74. The van der Waals surface area contributed by atoms with E-state index in [1.54, 1.807) is 18.0 Å². The topological polar surface area (TPSA) is 24.9 Å². The number of rotatable bonds is 9. The quantitative estimate of drug-likeness (QED) is 0.538. The fraction of sp³-hybridized carbons (Fsp3) is 0.643. The van der Waals surface area contributed by atoms with Crippen LogP contribution in [0.1, 0.15) is 39.5 Å². The van der Waals surface area contributed by atoms with Crippen molar-refractivity contribution in [2.24, 2.45) is 0 Å². The Bertz CT molecular complexity index is 333. The fourth-order valence-electron chi connectivity index (χ4n) is 1.77. The van der Waals surface area contributed by atoms with Crippen LogP contribution < -0.4 is 5.32 Å². The van der Waals surface area contributed by atoms with Crippen molar-refractivity contribution in [1.82, 2.24) is 10.3 Å². The summed E-state index contributed by atoms with van der Waals surface area (Å²) in [5, 5.41) is 5.29. The Morgan fingerprint density at radius 2 is 2.28 bits per heavy atom. The lowest BCUT2D eigenvalue weighted by molar-refractivity contribution is 0.465. The van der Waals surface area contributed by atoms with E-state index in [9.17, 15) is 0 Å². The first kappa shape index (κ1) is 15.8. The Labute approximate surface area is 120 Å². The molecule has 0 radical (unpaired) electrons. The largest absolute Gasteiger partial charge is 0.314 e. The summed E-state index contributed by atoms with van der Waals surface area (Å²) in [5.74, 6) is 1.08. The molecule has 1 aromatic rings. The van der Waals surface area contributed by atoms with E-state index >= 15 is 0 Å². The summed E-state index contributed by atoms with van der Waals surface area (Å²) in [6.45, 7) is 5.58. The van der Waals surface area contributed by atoms with E-state index in [0.717, 1.165) is 22.3 Å². The molecular formula is C14H23ClN2S. The predicted octanol–water partition coefficient (Wildman–Crippen LogP) is 4.39. The van der Waals surface area contributed by atoms with Crippen LogP contribution >= 0.6 is 23.4 Å². The van der Waals surface area contributed by atoms with Gasteiger partial charge in [-0.15, -0.1) is 11.8 Å². The van der Waals surface area contributed by atoms with Crippen molar-refractivity contribution in [3.8, 4) is 0 Å². The molecule has 0 aliphatic carbocycles. The monoisotopic (exact) mass is 286 g/mol. The minimum Gasteiger partial charge on any atom is -0.314 e. The summed E-state index contributed by atoms with van der Waals surface area (Å²) in [6, 6.07) is 4.42. The van der Waals surface area contributed by atoms with Crippen LogP contribution in [0.25, 0.3) is 0 Å². The molecule has 0 bridgehead atoms. The molecule has 0 aliphatic rings. The van der Waals surface area contributed by atoms with Gasteiger partial charge in [0, 0.05) is 12.2 Å². The lowest BCUT2D eigenvalue weighted by Gasteiger charge is -2.16. The number of nitrogens with one attached hydrogen (secondary N) is 1. The van der Waals surface area contributed by atoms with Gasteiger partial charge in [0.05, 0.1) is 5.02 Å². The smallest absolute Gasteiger partial charge is 0.115 e. The highest BCUT2D eigenvalue weighted by atomic mass is 35.5. The Morgan fingerprint density at radius 3 is 2.94 bits per heavy atom. The average molecular weight is 287 g/mol. The Kier molecular flexibility index (Phi) is 8.47. The number of hydrogen-bond donors (Lipinski definition) is 1. The van der Waals surface area contributed by atoms with Crippen molar-refractivity contribution >= 4 is 23.4 Å². The molecule has 1 unspecified atom stereocenters. The molecule has 0 amide bonds. The van der Waals surface area contributed by atoms with Crippen LogP contribution in [-0.2, 0) is 0 Å². The molecule has 1 heterocycles. The van der Waals surface area contributed by atoms with Gasteiger partial charge in [0.1, 0.15) is 5.03 Å². The first-order valence-corrected chi connectivity index (χ1v) is 8.11. The summed E-state index contributed by atoms with van der Waals surface area (Å²) in [7, 11) is 0. The third kappa shape index (κ3) is 6.07. The molecule has 18 heavy (non-hydrogen) atoms. The van der Waals surface area contributed by atoms with Gasteiger partial charge in [-0.2, -0.15) is 0 Å². The van der Waals surface area contributed by atoms with Gasteiger partial charge in [-0.1, -0.05) is 25.4 Å². The molecule has 2 nitrogen and oxygen atoms in total. The number of thioether (sulfide) groups is 1. The highest BCUT2D eigenvalue weighted by Gasteiger charge is 2.05. The molecule has 1 N–H and O–H groups in total. The number of halogens is 1. The van der Waals surface area contributed by atoms with E-state index < -0.39 is 0 Å². The van der Waals surface area contributed by atoms with Crippen molar-refractivity contribution in [2.75, 3.05) is 12.3 Å². The molecule has 0 spiro atoms. The average Bonchev–Trinajstić information content (AvgIpc) is 2.40. The lowest BCUT2D eigenvalue weighted by atomic mass is 10.1. The molecule has 1 rings (SSSR count). The van der Waals surface area contributed by atoms with Crippen LogP contribution in [0, 0.1) is 0 Å². The van der Waals surface area contributed by atoms with Crippen molar-refractivity contribution in [1.29, 1.82) is 0 Å². The van der Waals surface area contributed by atoms with Gasteiger partial charge in [-0.25, -0.2) is 4.98 Å². The standard InChI is InChI=1S/C14H23ClN2S/c1-3-9-16-12(4-2)7-6-11-18-14-13(15)8-5-10-17-14/h5,8,10,12,16H,3-4,6-7,9,11H2,1-2H3. The van der Waals surface area contributed by atoms with E-state index in [1.165, 1.54) is 25.7 Å². The number of hydrogen-bond acceptors (Lipinski definition) is 3. The second-order valence-electron chi connectivity index (χ2n) is 4.34. The van der Waals surface area contributed by atoms with Crippen LogP contribution in [0.3, 0.4) is 0 Å². The van der Waals surface area contributed by atoms with E-state index in [2.05, 4.69) is 24.1 Å². The van der Waals surface area contributed by atoms with Crippen LogP contribution in [0.2, 0.25) is 5.02 Å². The molecule has 1 atom stereocenters. The van der Waals surface area contributed by atoms with Crippen LogP contribution in [0.5, 0.6) is 0 Å². The summed E-state index contributed by atoms with van der Waals surface area (Å²) in [6.07, 6.45) is 6.64. The minimum absolute atomic E-state index is 0.657. The molecule has 102 valence electrons. The van der Waals surface area contributed by atoms with E-state index in [4.69, 9.17) is 11.6 Å². The third-order valence-corrected chi connectivity index (χ3v) is 4.34. The zero-order chi connectivity index (χ0) is 13.2. The highest BCUT2D eigenvalue weighted by Crippen LogP contribution is 2.25. The molecule has 0 saturated heterocycles. The molecule has 0 aliphatic heterocycles. The van der Waals surface area contributed by atoms with Gasteiger partial charge >= 0.3 is 0 Å². The summed E-state index contributed by atoms with van der Waals surface area (Å²) < 4.78 is 0. The second-order valence-corrected chi connectivity index (χ2v) is 5.83. The maximum Gasteiger partial charge on any atom is 0.115 e. The predicted molar refractivity (Wildman–Crippen MR) is 81.6 cm³/mol. The van der Waals surface area contributed by atoms with Gasteiger partial charge < -0.3 is 5.32 Å². The van der Waals surface area contributed by atoms with Gasteiger partial charge in [0.25, 0.3) is 0 Å². The zero-order valence-corrected chi connectivity index (χ0v) is 12.9. The van der Waals surface area contributed by atoms with E-state index in [0.29, 0.717) is 6.04 Å². The Morgan fingerprint density at radius 1 is 1.44 bits per heavy atom. The van der Waals surface area contributed by atoms with E-state index in [1.807, 2.05) is 12.1 Å². The highest BCUT2D eigenvalue weighted by molar-refractivity contribution is 7.99. The van der Waals surface area contributed by atoms with Crippen molar-refractivity contribution in [3.05, 3.63) is 23.4 Å². The molecule has 0 fully saturated rings. The number of pyridine rings is 1. The van der Waals surface area contributed by atoms with Gasteiger partial charge in [0.15, 0.2) is 0 Å². The van der Waals surface area contributed by atoms with Crippen LogP contribution in [-0.4, -0.2) is 23.3 Å². The molecule has 0 saturated carbocycles. The van der Waals surface area contributed by atoms with Crippen molar-refractivity contribution in [2.45, 2.75) is 50.6 Å².